The van der Waals surface area contributed by atoms with Gasteiger partial charge in [0, 0.05) is 36.1 Å². The molecule has 0 saturated carbocycles. The van der Waals surface area contributed by atoms with Gasteiger partial charge in [0.25, 0.3) is 0 Å². The molecule has 0 aliphatic carbocycles. The molecule has 4 nitrogen and oxygen atoms in total. The van der Waals surface area contributed by atoms with Crippen LogP contribution < -0.4 is 10.1 Å². The molecule has 0 amide bonds. The number of phenolic OH excluding ortho intramolecular Hbond substituents is 1. The van der Waals surface area contributed by atoms with Gasteiger partial charge in [-0.05, 0) is 31.5 Å². The zero-order chi connectivity index (χ0) is 14.5. The van der Waals surface area contributed by atoms with Gasteiger partial charge in [0.05, 0.1) is 7.11 Å². The third-order valence-electron chi connectivity index (χ3n) is 3.39. The van der Waals surface area contributed by atoms with E-state index in [-0.39, 0.29) is 17.8 Å². The van der Waals surface area contributed by atoms with Gasteiger partial charge in [0.15, 0.2) is 0 Å². The number of rotatable bonds is 5. The van der Waals surface area contributed by atoms with Crippen molar-refractivity contribution in [2.45, 2.75) is 25.9 Å². The largest absolute Gasteiger partial charge is 0.507 e. The molecule has 0 saturated heterocycles. The number of hydrogen-bond donors (Lipinski definition) is 2. The Labute approximate surface area is 119 Å². The molecule has 2 N–H and O–H groups in total. The SMILES string of the molecule is COc1ccc(C(C)NC(C)c2cccnc2)c(O)c1. The van der Waals surface area contributed by atoms with Crippen molar-refractivity contribution >= 4 is 0 Å². The van der Waals surface area contributed by atoms with Gasteiger partial charge in [0.2, 0.25) is 0 Å². The van der Waals surface area contributed by atoms with Gasteiger partial charge < -0.3 is 15.2 Å². The molecular weight excluding hydrogens is 252 g/mol. The number of ether oxygens (including phenoxy) is 1. The van der Waals surface area contributed by atoms with Crippen LogP contribution in [0.4, 0.5) is 0 Å². The molecule has 4 heteroatoms. The van der Waals surface area contributed by atoms with Gasteiger partial charge in [-0.15, -0.1) is 0 Å². The monoisotopic (exact) mass is 272 g/mol. The standard InChI is InChI=1S/C16H20N2O2/c1-11(13-5-4-8-17-10-13)18-12(2)15-7-6-14(20-3)9-16(15)19/h4-12,18-19H,1-3H3. The number of pyridine rings is 1. The maximum absolute atomic E-state index is 10.0. The first-order chi connectivity index (χ1) is 9.61. The van der Waals surface area contributed by atoms with Crippen LogP contribution in [-0.4, -0.2) is 17.2 Å². The summed E-state index contributed by atoms with van der Waals surface area (Å²) >= 11 is 0. The molecule has 0 spiro atoms. The van der Waals surface area contributed by atoms with Crippen LogP contribution in [0.25, 0.3) is 0 Å². The second-order valence-corrected chi connectivity index (χ2v) is 4.82. The van der Waals surface area contributed by atoms with Gasteiger partial charge >= 0.3 is 0 Å². The summed E-state index contributed by atoms with van der Waals surface area (Å²) in [5.74, 6) is 0.890. The molecule has 2 rings (SSSR count). The summed E-state index contributed by atoms with van der Waals surface area (Å²) < 4.78 is 5.09. The molecule has 0 aliphatic heterocycles. The molecule has 1 aromatic carbocycles. The van der Waals surface area contributed by atoms with Crippen LogP contribution in [0.2, 0.25) is 0 Å². The lowest BCUT2D eigenvalue weighted by molar-refractivity contribution is 0.402. The highest BCUT2D eigenvalue weighted by Crippen LogP contribution is 2.29. The summed E-state index contributed by atoms with van der Waals surface area (Å²) in [6.45, 7) is 4.10. The van der Waals surface area contributed by atoms with Gasteiger partial charge in [-0.1, -0.05) is 12.1 Å². The number of methoxy groups -OCH3 is 1. The molecule has 0 radical (unpaired) electrons. The maximum atomic E-state index is 10.0. The van der Waals surface area contributed by atoms with Gasteiger partial charge in [-0.2, -0.15) is 0 Å². The van der Waals surface area contributed by atoms with Crippen molar-refractivity contribution < 1.29 is 9.84 Å². The molecule has 106 valence electrons. The van der Waals surface area contributed by atoms with E-state index >= 15 is 0 Å². The van der Waals surface area contributed by atoms with Crippen LogP contribution in [0.15, 0.2) is 42.7 Å². The molecule has 0 bridgehead atoms. The van der Waals surface area contributed by atoms with Crippen molar-refractivity contribution in [3.8, 4) is 11.5 Å². The van der Waals surface area contributed by atoms with Gasteiger partial charge in [-0.3, -0.25) is 4.98 Å². The first-order valence-electron chi connectivity index (χ1n) is 6.64. The maximum Gasteiger partial charge on any atom is 0.124 e. The fourth-order valence-corrected chi connectivity index (χ4v) is 2.21. The smallest absolute Gasteiger partial charge is 0.124 e. The van der Waals surface area contributed by atoms with Crippen LogP contribution in [0.1, 0.15) is 37.1 Å². The Bertz CT molecular complexity index is 558. The number of hydrogen-bond acceptors (Lipinski definition) is 4. The van der Waals surface area contributed by atoms with E-state index in [9.17, 15) is 5.11 Å². The average Bonchev–Trinajstić information content (AvgIpc) is 2.47. The van der Waals surface area contributed by atoms with Gasteiger partial charge in [0.1, 0.15) is 11.5 Å². The van der Waals surface area contributed by atoms with E-state index < -0.39 is 0 Å². The highest BCUT2D eigenvalue weighted by Gasteiger charge is 2.14. The Hall–Kier alpha value is -2.07. The summed E-state index contributed by atoms with van der Waals surface area (Å²) in [5.41, 5.74) is 1.97. The highest BCUT2D eigenvalue weighted by molar-refractivity contribution is 5.41. The van der Waals surface area contributed by atoms with E-state index in [0.717, 1.165) is 11.1 Å². The zero-order valence-electron chi connectivity index (χ0n) is 12.0. The van der Waals surface area contributed by atoms with E-state index in [1.54, 1.807) is 19.4 Å². The predicted octanol–water partition coefficient (Wildman–Crippen LogP) is 3.21. The molecule has 1 aromatic heterocycles. The van der Waals surface area contributed by atoms with Crippen molar-refractivity contribution in [2.24, 2.45) is 0 Å². The summed E-state index contributed by atoms with van der Waals surface area (Å²) in [7, 11) is 1.58. The first-order valence-corrected chi connectivity index (χ1v) is 6.64. The normalized spacial score (nSPS) is 13.8. The summed E-state index contributed by atoms with van der Waals surface area (Å²) in [6.07, 6.45) is 3.60. The summed E-state index contributed by atoms with van der Waals surface area (Å²) in [6, 6.07) is 9.48. The lowest BCUT2D eigenvalue weighted by Crippen LogP contribution is -2.22. The Morgan fingerprint density at radius 2 is 2.00 bits per heavy atom. The van der Waals surface area contributed by atoms with E-state index in [2.05, 4.69) is 17.2 Å². The second-order valence-electron chi connectivity index (χ2n) is 4.82. The number of nitrogens with zero attached hydrogens (tertiary/aromatic N) is 1. The average molecular weight is 272 g/mol. The Kier molecular flexibility index (Phi) is 4.58. The minimum Gasteiger partial charge on any atom is -0.507 e. The number of nitrogens with one attached hydrogen (secondary N) is 1. The number of aromatic hydroxyl groups is 1. The fraction of sp³-hybridized carbons (Fsp3) is 0.312. The summed E-state index contributed by atoms with van der Waals surface area (Å²) in [4.78, 5) is 4.12. The molecule has 2 aromatic rings. The van der Waals surface area contributed by atoms with Crippen LogP contribution in [-0.2, 0) is 0 Å². The van der Waals surface area contributed by atoms with E-state index in [1.165, 1.54) is 0 Å². The third-order valence-corrected chi connectivity index (χ3v) is 3.39. The lowest BCUT2D eigenvalue weighted by Gasteiger charge is -2.21. The Morgan fingerprint density at radius 3 is 2.60 bits per heavy atom. The fourth-order valence-electron chi connectivity index (χ4n) is 2.21. The van der Waals surface area contributed by atoms with Crippen LogP contribution in [0.3, 0.4) is 0 Å². The third kappa shape index (κ3) is 3.27. The van der Waals surface area contributed by atoms with Crippen LogP contribution in [0.5, 0.6) is 11.5 Å². The molecule has 0 aliphatic rings. The minimum atomic E-state index is 0.0242. The minimum absolute atomic E-state index is 0.0242. The quantitative estimate of drug-likeness (QED) is 0.877. The lowest BCUT2D eigenvalue weighted by atomic mass is 10.0. The Balaban J connectivity index is 2.10. The molecule has 20 heavy (non-hydrogen) atoms. The highest BCUT2D eigenvalue weighted by atomic mass is 16.5. The summed E-state index contributed by atoms with van der Waals surface area (Å²) in [5, 5.41) is 13.5. The van der Waals surface area contributed by atoms with Crippen molar-refractivity contribution in [3.63, 3.8) is 0 Å². The van der Waals surface area contributed by atoms with Crippen molar-refractivity contribution in [1.29, 1.82) is 0 Å². The predicted molar refractivity (Wildman–Crippen MR) is 78.9 cm³/mol. The van der Waals surface area contributed by atoms with Crippen LogP contribution in [0, 0.1) is 0 Å². The van der Waals surface area contributed by atoms with E-state index in [1.807, 2.05) is 37.4 Å². The molecule has 0 fully saturated rings. The number of phenols is 1. The van der Waals surface area contributed by atoms with E-state index in [4.69, 9.17) is 4.74 Å². The molecule has 2 atom stereocenters. The molecule has 2 unspecified atom stereocenters. The molecular formula is C16H20N2O2. The number of aromatic nitrogens is 1. The second kappa shape index (κ2) is 6.39. The molecule has 1 heterocycles. The van der Waals surface area contributed by atoms with E-state index in [0.29, 0.717) is 5.75 Å². The van der Waals surface area contributed by atoms with Crippen molar-refractivity contribution in [1.82, 2.24) is 10.3 Å². The van der Waals surface area contributed by atoms with Crippen molar-refractivity contribution in [3.05, 3.63) is 53.9 Å². The number of benzene rings is 1. The van der Waals surface area contributed by atoms with Crippen LogP contribution >= 0.6 is 0 Å². The topological polar surface area (TPSA) is 54.4 Å². The Morgan fingerprint density at radius 1 is 1.20 bits per heavy atom. The first kappa shape index (κ1) is 14.3. The van der Waals surface area contributed by atoms with Crippen molar-refractivity contribution in [2.75, 3.05) is 7.11 Å². The zero-order valence-corrected chi connectivity index (χ0v) is 12.0. The van der Waals surface area contributed by atoms with Gasteiger partial charge in [-0.25, -0.2) is 0 Å².